The van der Waals surface area contributed by atoms with Crippen LogP contribution in [0.4, 0.5) is 0 Å². The third-order valence-corrected chi connectivity index (χ3v) is 5.27. The van der Waals surface area contributed by atoms with Crippen LogP contribution in [-0.4, -0.2) is 6.54 Å². The van der Waals surface area contributed by atoms with Gasteiger partial charge in [-0.05, 0) is 41.9 Å². The summed E-state index contributed by atoms with van der Waals surface area (Å²) < 4.78 is 1.26. The second-order valence-electron chi connectivity index (χ2n) is 4.51. The summed E-state index contributed by atoms with van der Waals surface area (Å²) in [6, 6.07) is 2.83. The predicted molar refractivity (Wildman–Crippen MR) is 81.9 cm³/mol. The van der Waals surface area contributed by atoms with E-state index in [1.165, 1.54) is 46.3 Å². The van der Waals surface area contributed by atoms with Crippen molar-refractivity contribution in [3.8, 4) is 0 Å². The quantitative estimate of drug-likeness (QED) is 0.629. The van der Waals surface area contributed by atoms with Crippen LogP contribution < -0.4 is 5.32 Å². The zero-order chi connectivity index (χ0) is 12.7. The summed E-state index contributed by atoms with van der Waals surface area (Å²) >= 11 is 5.53. The monoisotopic (exact) mass is 317 g/mol. The fourth-order valence-corrected chi connectivity index (χ4v) is 3.69. The molecule has 1 unspecified atom stereocenters. The highest BCUT2D eigenvalue weighted by molar-refractivity contribution is 9.10. The molecule has 0 saturated carbocycles. The SMILES string of the molecule is CCCCCCC(NCC)c1cc(Br)c(C)s1. The molecular weight excluding hydrogens is 294 g/mol. The van der Waals surface area contributed by atoms with Crippen LogP contribution in [0.15, 0.2) is 10.5 Å². The van der Waals surface area contributed by atoms with Gasteiger partial charge in [0.15, 0.2) is 0 Å². The molecule has 0 spiro atoms. The fraction of sp³-hybridized carbons (Fsp3) is 0.714. The molecule has 0 aliphatic rings. The van der Waals surface area contributed by atoms with Crippen LogP contribution in [0.5, 0.6) is 0 Å². The smallest absolute Gasteiger partial charge is 0.0415 e. The molecule has 98 valence electrons. The summed E-state index contributed by atoms with van der Waals surface area (Å²) in [7, 11) is 0. The molecule has 0 aliphatic heterocycles. The topological polar surface area (TPSA) is 12.0 Å². The molecule has 0 bridgehead atoms. The minimum absolute atomic E-state index is 0.548. The molecule has 0 saturated heterocycles. The molecule has 1 heterocycles. The molecule has 1 aromatic rings. The third-order valence-electron chi connectivity index (χ3n) is 3.02. The van der Waals surface area contributed by atoms with E-state index in [1.807, 2.05) is 11.3 Å². The average Bonchev–Trinajstić information content (AvgIpc) is 2.63. The molecule has 0 aromatic carbocycles. The number of unbranched alkanes of at least 4 members (excludes halogenated alkanes) is 3. The second kappa shape index (κ2) is 8.28. The van der Waals surface area contributed by atoms with Gasteiger partial charge >= 0.3 is 0 Å². The first-order valence-electron chi connectivity index (χ1n) is 6.68. The van der Waals surface area contributed by atoms with E-state index >= 15 is 0 Å². The molecule has 0 aliphatic carbocycles. The van der Waals surface area contributed by atoms with Gasteiger partial charge in [-0.1, -0.05) is 39.5 Å². The van der Waals surface area contributed by atoms with Crippen molar-refractivity contribution < 1.29 is 0 Å². The van der Waals surface area contributed by atoms with Crippen LogP contribution in [-0.2, 0) is 0 Å². The van der Waals surface area contributed by atoms with E-state index in [9.17, 15) is 0 Å². The Morgan fingerprint density at radius 3 is 2.59 bits per heavy atom. The highest BCUT2D eigenvalue weighted by Gasteiger charge is 2.13. The van der Waals surface area contributed by atoms with E-state index in [1.54, 1.807) is 0 Å². The number of halogens is 1. The Hall–Kier alpha value is 0.140. The number of rotatable bonds is 8. The van der Waals surface area contributed by atoms with Gasteiger partial charge in [0, 0.05) is 20.3 Å². The summed E-state index contributed by atoms with van der Waals surface area (Å²) in [6.07, 6.45) is 6.64. The normalized spacial score (nSPS) is 12.9. The van der Waals surface area contributed by atoms with Crippen LogP contribution >= 0.6 is 27.3 Å². The Morgan fingerprint density at radius 1 is 1.29 bits per heavy atom. The van der Waals surface area contributed by atoms with Crippen molar-refractivity contribution in [1.29, 1.82) is 0 Å². The number of hydrogen-bond acceptors (Lipinski definition) is 2. The van der Waals surface area contributed by atoms with Crippen LogP contribution in [0, 0.1) is 6.92 Å². The molecule has 1 aromatic heterocycles. The summed E-state index contributed by atoms with van der Waals surface area (Å²) in [6.45, 7) is 7.68. The molecule has 0 fully saturated rings. The second-order valence-corrected chi connectivity index (χ2v) is 6.65. The summed E-state index contributed by atoms with van der Waals surface area (Å²) in [5.41, 5.74) is 0. The van der Waals surface area contributed by atoms with Crippen molar-refractivity contribution in [1.82, 2.24) is 5.32 Å². The first-order chi connectivity index (χ1) is 8.19. The molecule has 17 heavy (non-hydrogen) atoms. The molecule has 3 heteroatoms. The lowest BCUT2D eigenvalue weighted by atomic mass is 10.1. The Labute approximate surface area is 118 Å². The van der Waals surface area contributed by atoms with Crippen molar-refractivity contribution >= 4 is 27.3 Å². The van der Waals surface area contributed by atoms with Gasteiger partial charge in [-0.3, -0.25) is 0 Å². The lowest BCUT2D eigenvalue weighted by Crippen LogP contribution is -2.19. The number of aryl methyl sites for hydroxylation is 1. The molecule has 0 amide bonds. The molecule has 1 rings (SSSR count). The van der Waals surface area contributed by atoms with E-state index in [0.29, 0.717) is 6.04 Å². The lowest BCUT2D eigenvalue weighted by molar-refractivity contribution is 0.487. The first-order valence-corrected chi connectivity index (χ1v) is 8.29. The predicted octanol–water partition coefficient (Wildman–Crippen LogP) is 5.44. The first kappa shape index (κ1) is 15.2. The zero-order valence-corrected chi connectivity index (χ0v) is 13.6. The lowest BCUT2D eigenvalue weighted by Gasteiger charge is -2.16. The molecular formula is C14H24BrNS. The van der Waals surface area contributed by atoms with E-state index < -0.39 is 0 Å². The maximum Gasteiger partial charge on any atom is 0.0415 e. The van der Waals surface area contributed by atoms with Crippen LogP contribution in [0.3, 0.4) is 0 Å². The van der Waals surface area contributed by atoms with Gasteiger partial charge in [0.1, 0.15) is 0 Å². The summed E-state index contributed by atoms with van der Waals surface area (Å²) in [5.74, 6) is 0. The van der Waals surface area contributed by atoms with E-state index in [2.05, 4.69) is 48.1 Å². The highest BCUT2D eigenvalue weighted by Crippen LogP contribution is 2.32. The fourth-order valence-electron chi connectivity index (χ4n) is 2.02. The summed E-state index contributed by atoms with van der Waals surface area (Å²) in [4.78, 5) is 2.86. The maximum absolute atomic E-state index is 3.61. The zero-order valence-electron chi connectivity index (χ0n) is 11.2. The molecule has 0 radical (unpaired) electrons. The molecule has 1 nitrogen and oxygen atoms in total. The standard InChI is InChI=1S/C14H24BrNS/c1-4-6-7-8-9-13(16-5-2)14-10-12(15)11(3)17-14/h10,13,16H,4-9H2,1-3H3. The van der Waals surface area contributed by atoms with E-state index in [0.717, 1.165) is 6.54 Å². The van der Waals surface area contributed by atoms with Crippen molar-refractivity contribution in [2.24, 2.45) is 0 Å². The Bertz CT molecular complexity index is 303. The Morgan fingerprint density at radius 2 is 2.06 bits per heavy atom. The number of nitrogens with one attached hydrogen (secondary N) is 1. The Kier molecular flexibility index (Phi) is 7.40. The van der Waals surface area contributed by atoms with Gasteiger partial charge in [-0.2, -0.15) is 0 Å². The largest absolute Gasteiger partial charge is 0.310 e. The van der Waals surface area contributed by atoms with E-state index in [-0.39, 0.29) is 0 Å². The van der Waals surface area contributed by atoms with Crippen molar-refractivity contribution in [3.05, 3.63) is 20.3 Å². The van der Waals surface area contributed by atoms with Gasteiger partial charge in [0.25, 0.3) is 0 Å². The van der Waals surface area contributed by atoms with Crippen LogP contribution in [0.1, 0.15) is 61.7 Å². The van der Waals surface area contributed by atoms with Gasteiger partial charge in [0.2, 0.25) is 0 Å². The van der Waals surface area contributed by atoms with Gasteiger partial charge in [0.05, 0.1) is 0 Å². The van der Waals surface area contributed by atoms with Gasteiger partial charge < -0.3 is 5.32 Å². The third kappa shape index (κ3) is 5.11. The average molecular weight is 318 g/mol. The van der Waals surface area contributed by atoms with Crippen LogP contribution in [0.2, 0.25) is 0 Å². The minimum atomic E-state index is 0.548. The van der Waals surface area contributed by atoms with Crippen LogP contribution in [0.25, 0.3) is 0 Å². The van der Waals surface area contributed by atoms with Gasteiger partial charge in [-0.15, -0.1) is 11.3 Å². The number of hydrogen-bond donors (Lipinski definition) is 1. The molecule has 1 atom stereocenters. The van der Waals surface area contributed by atoms with E-state index in [4.69, 9.17) is 0 Å². The van der Waals surface area contributed by atoms with Crippen molar-refractivity contribution in [2.45, 2.75) is 58.9 Å². The van der Waals surface area contributed by atoms with Gasteiger partial charge in [-0.25, -0.2) is 0 Å². The summed E-state index contributed by atoms with van der Waals surface area (Å²) in [5, 5.41) is 3.61. The number of thiophene rings is 1. The van der Waals surface area contributed by atoms with Crippen molar-refractivity contribution in [2.75, 3.05) is 6.54 Å². The highest BCUT2D eigenvalue weighted by atomic mass is 79.9. The maximum atomic E-state index is 3.61. The van der Waals surface area contributed by atoms with Crippen molar-refractivity contribution in [3.63, 3.8) is 0 Å². The Balaban J connectivity index is 2.52. The minimum Gasteiger partial charge on any atom is -0.310 e. The molecule has 1 N–H and O–H groups in total.